The van der Waals surface area contributed by atoms with Crippen molar-refractivity contribution in [2.45, 2.75) is 39.5 Å². The van der Waals surface area contributed by atoms with Crippen LogP contribution in [0.4, 0.5) is 0 Å². The van der Waals surface area contributed by atoms with Crippen LogP contribution in [0.25, 0.3) is 0 Å². The van der Waals surface area contributed by atoms with Crippen LogP contribution < -0.4 is 0 Å². The maximum atomic E-state index is 11.6. The molecule has 0 aromatic heterocycles. The summed E-state index contributed by atoms with van der Waals surface area (Å²) in [5.74, 6) is 1.13. The molecule has 2 aliphatic rings. The Bertz CT molecular complexity index is 380. The highest BCUT2D eigenvalue weighted by atomic mass is 16.3. The zero-order valence-corrected chi connectivity index (χ0v) is 10.8. The van der Waals surface area contributed by atoms with Crippen molar-refractivity contribution in [1.82, 2.24) is 0 Å². The predicted octanol–water partition coefficient (Wildman–Crippen LogP) is 2.88. The van der Waals surface area contributed by atoms with Crippen molar-refractivity contribution < 1.29 is 9.90 Å². The summed E-state index contributed by atoms with van der Waals surface area (Å²) in [6, 6.07) is 0. The highest BCUT2D eigenvalue weighted by Gasteiger charge is 2.47. The molecule has 2 rings (SSSR count). The van der Waals surface area contributed by atoms with E-state index in [4.69, 9.17) is 0 Å². The van der Waals surface area contributed by atoms with E-state index in [9.17, 15) is 9.90 Å². The molecule has 1 fully saturated rings. The first-order valence-corrected chi connectivity index (χ1v) is 6.49. The average molecular weight is 234 g/mol. The van der Waals surface area contributed by atoms with Gasteiger partial charge in [-0.2, -0.15) is 0 Å². The first-order chi connectivity index (χ1) is 7.99. The molecule has 1 N–H and O–H groups in total. The second kappa shape index (κ2) is 4.41. The Labute approximate surface area is 103 Å². The third kappa shape index (κ3) is 1.99. The van der Waals surface area contributed by atoms with Gasteiger partial charge in [0.15, 0.2) is 5.78 Å². The molecule has 0 aromatic carbocycles. The fourth-order valence-electron chi connectivity index (χ4n) is 3.69. The number of aliphatic hydroxyl groups is 1. The zero-order valence-electron chi connectivity index (χ0n) is 10.8. The number of hydrogen-bond donors (Lipinski definition) is 1. The first kappa shape index (κ1) is 12.6. The van der Waals surface area contributed by atoms with Gasteiger partial charge in [-0.1, -0.05) is 19.1 Å². The van der Waals surface area contributed by atoms with E-state index >= 15 is 0 Å². The minimum Gasteiger partial charge on any atom is -0.392 e. The Kier molecular flexibility index (Phi) is 3.26. The van der Waals surface area contributed by atoms with Crippen molar-refractivity contribution in [3.63, 3.8) is 0 Å². The summed E-state index contributed by atoms with van der Waals surface area (Å²) in [5.41, 5.74) is 2.39. The number of hydrogen-bond acceptors (Lipinski definition) is 2. The monoisotopic (exact) mass is 234 g/mol. The molecule has 1 spiro atoms. The fourth-order valence-corrected chi connectivity index (χ4v) is 3.69. The highest BCUT2D eigenvalue weighted by molar-refractivity contribution is 5.91. The van der Waals surface area contributed by atoms with E-state index in [2.05, 4.69) is 20.4 Å². The molecule has 3 atom stereocenters. The van der Waals surface area contributed by atoms with Crippen LogP contribution in [-0.4, -0.2) is 17.5 Å². The lowest BCUT2D eigenvalue weighted by Crippen LogP contribution is -2.33. The van der Waals surface area contributed by atoms with Crippen LogP contribution in [0, 0.1) is 17.3 Å². The Balaban J connectivity index is 2.24. The van der Waals surface area contributed by atoms with Gasteiger partial charge in [-0.15, -0.1) is 0 Å². The van der Waals surface area contributed by atoms with Gasteiger partial charge in [-0.25, -0.2) is 0 Å². The molecule has 17 heavy (non-hydrogen) atoms. The molecular formula is C15H22O2. The van der Waals surface area contributed by atoms with Crippen molar-refractivity contribution >= 4 is 5.78 Å². The first-order valence-electron chi connectivity index (χ1n) is 6.49. The van der Waals surface area contributed by atoms with E-state index in [0.717, 1.165) is 24.8 Å². The third-order valence-corrected chi connectivity index (χ3v) is 4.94. The van der Waals surface area contributed by atoms with E-state index in [1.807, 2.05) is 6.08 Å². The molecular weight excluding hydrogens is 212 g/mol. The standard InChI is InChI=1S/C15H22O2/c1-10(9-16)13-4-5-15(8-13)11(2)6-14(17)7-12(15)3/h6,12-13,16H,1,4-5,7-9H2,2-3H3/t12-,13+,15+/m0/s1. The summed E-state index contributed by atoms with van der Waals surface area (Å²) in [4.78, 5) is 11.6. The van der Waals surface area contributed by atoms with Crippen LogP contribution in [0.2, 0.25) is 0 Å². The molecule has 1 saturated carbocycles. The molecule has 2 heteroatoms. The molecule has 94 valence electrons. The van der Waals surface area contributed by atoms with Crippen molar-refractivity contribution in [3.8, 4) is 0 Å². The molecule has 0 saturated heterocycles. The van der Waals surface area contributed by atoms with Crippen LogP contribution in [0.15, 0.2) is 23.8 Å². The van der Waals surface area contributed by atoms with Crippen LogP contribution in [0.1, 0.15) is 39.5 Å². The number of ketones is 1. The molecule has 0 heterocycles. The number of allylic oxidation sites excluding steroid dienone is 2. The van der Waals surface area contributed by atoms with E-state index < -0.39 is 0 Å². The van der Waals surface area contributed by atoms with E-state index in [1.165, 1.54) is 5.57 Å². The number of aliphatic hydroxyl groups excluding tert-OH is 1. The van der Waals surface area contributed by atoms with E-state index in [0.29, 0.717) is 18.3 Å². The van der Waals surface area contributed by atoms with Gasteiger partial charge < -0.3 is 5.11 Å². The lowest BCUT2D eigenvalue weighted by molar-refractivity contribution is -0.117. The summed E-state index contributed by atoms with van der Waals surface area (Å²) >= 11 is 0. The van der Waals surface area contributed by atoms with Gasteiger partial charge >= 0.3 is 0 Å². The fraction of sp³-hybridized carbons (Fsp3) is 0.667. The summed E-state index contributed by atoms with van der Waals surface area (Å²) in [5, 5.41) is 9.19. The minimum absolute atomic E-state index is 0.0941. The lowest BCUT2D eigenvalue weighted by atomic mass is 9.64. The zero-order chi connectivity index (χ0) is 12.6. The van der Waals surface area contributed by atoms with Crippen molar-refractivity contribution in [1.29, 1.82) is 0 Å². The molecule has 0 bridgehead atoms. The highest BCUT2D eigenvalue weighted by Crippen LogP contribution is 2.55. The molecule has 0 radical (unpaired) electrons. The van der Waals surface area contributed by atoms with Crippen LogP contribution in [0.3, 0.4) is 0 Å². The van der Waals surface area contributed by atoms with Gasteiger partial charge in [0.05, 0.1) is 6.61 Å². The maximum Gasteiger partial charge on any atom is 0.155 e. The van der Waals surface area contributed by atoms with Crippen molar-refractivity contribution in [3.05, 3.63) is 23.8 Å². The Morgan fingerprint density at radius 3 is 2.94 bits per heavy atom. The van der Waals surface area contributed by atoms with E-state index in [-0.39, 0.29) is 17.8 Å². The molecule has 0 aromatic rings. The average Bonchev–Trinajstić information content (AvgIpc) is 2.71. The molecule has 2 aliphatic carbocycles. The Morgan fingerprint density at radius 2 is 2.35 bits per heavy atom. The van der Waals surface area contributed by atoms with Gasteiger partial charge in [0.2, 0.25) is 0 Å². The molecule has 2 nitrogen and oxygen atoms in total. The smallest absolute Gasteiger partial charge is 0.155 e. The summed E-state index contributed by atoms with van der Waals surface area (Å²) in [7, 11) is 0. The SMILES string of the molecule is C=C(CO)[C@@H]1CC[C@@]2(C1)C(C)=CC(=O)C[C@@H]2C. The molecule has 0 aliphatic heterocycles. The number of carbonyl (C=O) groups is 1. The second-order valence-electron chi connectivity index (χ2n) is 5.81. The van der Waals surface area contributed by atoms with Crippen LogP contribution >= 0.6 is 0 Å². The second-order valence-corrected chi connectivity index (χ2v) is 5.81. The van der Waals surface area contributed by atoms with Crippen LogP contribution in [-0.2, 0) is 4.79 Å². The minimum atomic E-state index is 0.0941. The summed E-state index contributed by atoms with van der Waals surface area (Å²) < 4.78 is 0. The maximum absolute atomic E-state index is 11.6. The summed E-state index contributed by atoms with van der Waals surface area (Å²) in [6.07, 6.45) is 5.81. The molecule has 0 unspecified atom stereocenters. The van der Waals surface area contributed by atoms with Gasteiger partial charge in [0.25, 0.3) is 0 Å². The largest absolute Gasteiger partial charge is 0.392 e. The normalized spacial score (nSPS) is 37.4. The Hall–Kier alpha value is -0.890. The van der Waals surface area contributed by atoms with Gasteiger partial charge in [-0.3, -0.25) is 4.79 Å². The van der Waals surface area contributed by atoms with Crippen molar-refractivity contribution in [2.75, 3.05) is 6.61 Å². The van der Waals surface area contributed by atoms with Crippen molar-refractivity contribution in [2.24, 2.45) is 17.3 Å². The number of carbonyl (C=O) groups excluding carboxylic acids is 1. The molecule has 0 amide bonds. The predicted molar refractivity (Wildman–Crippen MR) is 68.5 cm³/mol. The van der Waals surface area contributed by atoms with Gasteiger partial charge in [-0.05, 0) is 55.1 Å². The van der Waals surface area contributed by atoms with Gasteiger partial charge in [0, 0.05) is 6.42 Å². The quantitative estimate of drug-likeness (QED) is 0.746. The third-order valence-electron chi connectivity index (χ3n) is 4.94. The summed E-state index contributed by atoms with van der Waals surface area (Å²) in [6.45, 7) is 8.34. The van der Waals surface area contributed by atoms with Crippen LogP contribution in [0.5, 0.6) is 0 Å². The van der Waals surface area contributed by atoms with Gasteiger partial charge in [0.1, 0.15) is 0 Å². The van der Waals surface area contributed by atoms with E-state index in [1.54, 1.807) is 0 Å². The number of rotatable bonds is 2. The topological polar surface area (TPSA) is 37.3 Å². The Morgan fingerprint density at radius 1 is 1.65 bits per heavy atom. The lowest BCUT2D eigenvalue weighted by Gasteiger charge is -2.39.